The Labute approximate surface area is 234 Å². The van der Waals surface area contributed by atoms with Crippen LogP contribution in [0.1, 0.15) is 0 Å². The van der Waals surface area contributed by atoms with E-state index in [0.29, 0.717) is 0 Å². The van der Waals surface area contributed by atoms with Crippen LogP contribution in [0.3, 0.4) is 0 Å². The molecule has 0 N–H and O–H groups in total. The van der Waals surface area contributed by atoms with Gasteiger partial charge in [0.2, 0.25) is 0 Å². The van der Waals surface area contributed by atoms with Crippen LogP contribution in [0.25, 0.3) is 60.6 Å². The molecule has 4 aromatic carbocycles. The van der Waals surface area contributed by atoms with Crippen molar-refractivity contribution in [3.8, 4) is 22.5 Å². The quantitative estimate of drug-likeness (QED) is 0.175. The maximum Gasteiger partial charge on any atom is 0.0523 e. The van der Waals surface area contributed by atoms with E-state index in [0.717, 1.165) is 22.5 Å². The fourth-order valence-electron chi connectivity index (χ4n) is 5.11. The first kappa shape index (κ1) is 24.0. The first-order valence-electron chi connectivity index (χ1n) is 12.3. The van der Waals surface area contributed by atoms with E-state index in [9.17, 15) is 0 Å². The van der Waals surface area contributed by atoms with Crippen molar-refractivity contribution in [1.29, 1.82) is 0 Å². The molecule has 0 fully saturated rings. The number of hydrogen-bond donors (Lipinski definition) is 0. The SMILES string of the molecule is [Ir].[c-]1cc2c3cccc4c5ccccc5n(c2cc1-c1ccccn1)c43.[c-]1ccccc1-c1ccccn1. The van der Waals surface area contributed by atoms with Gasteiger partial charge in [0.05, 0.1) is 11.0 Å². The molecule has 0 unspecified atom stereocenters. The number of fused-ring (bicyclic) bond motifs is 6. The van der Waals surface area contributed by atoms with E-state index in [1.807, 2.05) is 66.9 Å². The van der Waals surface area contributed by atoms with Crippen molar-refractivity contribution in [2.24, 2.45) is 0 Å². The van der Waals surface area contributed by atoms with Crippen LogP contribution in [-0.2, 0) is 20.1 Å². The van der Waals surface area contributed by atoms with E-state index < -0.39 is 0 Å². The van der Waals surface area contributed by atoms with Gasteiger partial charge in [0.15, 0.2) is 0 Å². The molecular formula is C34H21IrN3-2. The summed E-state index contributed by atoms with van der Waals surface area (Å²) in [6, 6.07) is 45.7. The predicted molar refractivity (Wildman–Crippen MR) is 152 cm³/mol. The summed E-state index contributed by atoms with van der Waals surface area (Å²) in [6.07, 6.45) is 3.62. The van der Waals surface area contributed by atoms with Gasteiger partial charge in [-0.25, -0.2) is 0 Å². The summed E-state index contributed by atoms with van der Waals surface area (Å²) >= 11 is 0. The number of pyridine rings is 2. The van der Waals surface area contributed by atoms with Gasteiger partial charge in [0, 0.05) is 43.3 Å². The third-order valence-corrected chi connectivity index (χ3v) is 6.75. The fraction of sp³-hybridized carbons (Fsp3) is 0. The molecule has 0 aliphatic carbocycles. The zero-order chi connectivity index (χ0) is 24.6. The summed E-state index contributed by atoms with van der Waals surface area (Å²) in [6.45, 7) is 0. The molecule has 0 aliphatic heterocycles. The van der Waals surface area contributed by atoms with Gasteiger partial charge < -0.3 is 14.4 Å². The molecule has 0 amide bonds. The number of para-hydroxylation sites is 2. The van der Waals surface area contributed by atoms with E-state index in [4.69, 9.17) is 0 Å². The summed E-state index contributed by atoms with van der Waals surface area (Å²) in [7, 11) is 0. The number of aromatic nitrogens is 3. The molecule has 0 aliphatic rings. The summed E-state index contributed by atoms with van der Waals surface area (Å²) in [4.78, 5) is 8.70. The number of benzene rings is 4. The maximum atomic E-state index is 4.48. The van der Waals surface area contributed by atoms with Crippen molar-refractivity contribution >= 4 is 38.1 Å². The van der Waals surface area contributed by atoms with Crippen molar-refractivity contribution in [2.45, 2.75) is 0 Å². The molecule has 0 atom stereocenters. The average Bonchev–Trinajstić information content (AvgIpc) is 3.51. The second kappa shape index (κ2) is 10.2. The summed E-state index contributed by atoms with van der Waals surface area (Å²) < 4.78 is 2.38. The van der Waals surface area contributed by atoms with Crippen LogP contribution in [0.4, 0.5) is 0 Å². The molecule has 1 radical (unpaired) electrons. The molecule has 0 bridgehead atoms. The van der Waals surface area contributed by atoms with Gasteiger partial charge in [-0.15, -0.1) is 59.7 Å². The molecule has 3 nitrogen and oxygen atoms in total. The Balaban J connectivity index is 0.000000172. The first-order chi connectivity index (χ1) is 18.4. The summed E-state index contributed by atoms with van der Waals surface area (Å²) in [5.41, 5.74) is 7.75. The summed E-state index contributed by atoms with van der Waals surface area (Å²) in [5, 5.41) is 5.14. The molecule has 38 heavy (non-hydrogen) atoms. The van der Waals surface area contributed by atoms with E-state index in [1.54, 1.807) is 6.20 Å². The Kier molecular flexibility index (Phi) is 6.43. The normalized spacial score (nSPS) is 10.9. The first-order valence-corrected chi connectivity index (χ1v) is 12.3. The van der Waals surface area contributed by atoms with Crippen LogP contribution in [0.15, 0.2) is 128 Å². The second-order valence-electron chi connectivity index (χ2n) is 8.91. The largest absolute Gasteiger partial charge is 0.327 e. The van der Waals surface area contributed by atoms with E-state index in [1.165, 1.54) is 38.1 Å². The Bertz CT molecular complexity index is 1930. The molecule has 4 heteroatoms. The average molecular weight is 664 g/mol. The number of hydrogen-bond acceptors (Lipinski definition) is 2. The fourth-order valence-corrected chi connectivity index (χ4v) is 5.11. The van der Waals surface area contributed by atoms with Crippen LogP contribution in [0.2, 0.25) is 0 Å². The van der Waals surface area contributed by atoms with E-state index >= 15 is 0 Å². The van der Waals surface area contributed by atoms with Gasteiger partial charge in [-0.2, -0.15) is 0 Å². The van der Waals surface area contributed by atoms with Crippen molar-refractivity contribution < 1.29 is 20.1 Å². The standard InChI is InChI=1S/C23H13N2.C11H8N.Ir/c1-2-10-21-16(6-1)18-7-5-8-19-17-12-11-15(20-9-3-4-13-24-20)14-22(17)25(21)23(18)19;1-2-6-10(7-3-1)11-8-4-5-9-12-11;/h1-10,12-14H;1-6,8-9H;/q2*-1;. The zero-order valence-corrected chi connectivity index (χ0v) is 22.7. The molecule has 4 heterocycles. The number of nitrogens with zero attached hydrogens (tertiary/aromatic N) is 3. The Morgan fingerprint density at radius 2 is 1.18 bits per heavy atom. The summed E-state index contributed by atoms with van der Waals surface area (Å²) in [5.74, 6) is 0. The van der Waals surface area contributed by atoms with Gasteiger partial charge in [0.25, 0.3) is 0 Å². The molecule has 4 aromatic heterocycles. The smallest absolute Gasteiger partial charge is 0.0523 e. The van der Waals surface area contributed by atoms with E-state index in [2.05, 4.69) is 81.1 Å². The van der Waals surface area contributed by atoms with Crippen LogP contribution < -0.4 is 0 Å². The Morgan fingerprint density at radius 3 is 1.89 bits per heavy atom. The Morgan fingerprint density at radius 1 is 0.526 bits per heavy atom. The monoisotopic (exact) mass is 664 g/mol. The van der Waals surface area contributed by atoms with Gasteiger partial charge in [-0.1, -0.05) is 66.0 Å². The molecule has 8 aromatic rings. The van der Waals surface area contributed by atoms with E-state index in [-0.39, 0.29) is 20.1 Å². The van der Waals surface area contributed by atoms with Crippen LogP contribution >= 0.6 is 0 Å². The maximum absolute atomic E-state index is 4.48. The Hall–Kier alpha value is -4.37. The second-order valence-corrected chi connectivity index (χ2v) is 8.91. The molecule has 0 saturated carbocycles. The van der Waals surface area contributed by atoms with Crippen LogP contribution in [0, 0.1) is 12.1 Å². The zero-order valence-electron chi connectivity index (χ0n) is 20.3. The van der Waals surface area contributed by atoms with Gasteiger partial charge >= 0.3 is 0 Å². The van der Waals surface area contributed by atoms with Gasteiger partial charge in [-0.05, 0) is 40.5 Å². The van der Waals surface area contributed by atoms with Gasteiger partial charge in [0.1, 0.15) is 0 Å². The molecule has 183 valence electrons. The molecular weight excluding hydrogens is 643 g/mol. The molecule has 0 spiro atoms. The van der Waals surface area contributed by atoms with Crippen molar-refractivity contribution in [1.82, 2.24) is 14.4 Å². The van der Waals surface area contributed by atoms with Crippen molar-refractivity contribution in [3.05, 3.63) is 140 Å². The minimum atomic E-state index is 0. The van der Waals surface area contributed by atoms with Crippen molar-refractivity contribution in [3.63, 3.8) is 0 Å². The third-order valence-electron chi connectivity index (χ3n) is 6.75. The molecule has 8 rings (SSSR count). The third kappa shape index (κ3) is 4.05. The minimum Gasteiger partial charge on any atom is -0.327 e. The predicted octanol–water partition coefficient (Wildman–Crippen LogP) is 8.25. The van der Waals surface area contributed by atoms with Crippen molar-refractivity contribution in [2.75, 3.05) is 0 Å². The topological polar surface area (TPSA) is 30.2 Å². The number of rotatable bonds is 2. The minimum absolute atomic E-state index is 0. The molecule has 0 saturated heterocycles. The van der Waals surface area contributed by atoms with Gasteiger partial charge in [-0.3, -0.25) is 0 Å². The van der Waals surface area contributed by atoms with Crippen LogP contribution in [0.5, 0.6) is 0 Å². The van der Waals surface area contributed by atoms with Crippen LogP contribution in [-0.4, -0.2) is 14.4 Å².